The molecule has 7 nitrogen and oxygen atoms in total. The first-order valence-electron chi connectivity index (χ1n) is 7.68. The Morgan fingerprint density at radius 2 is 1.79 bits per heavy atom. The van der Waals surface area contributed by atoms with Crippen molar-refractivity contribution in [2.45, 2.75) is 26.3 Å². The van der Waals surface area contributed by atoms with Crippen LogP contribution in [-0.2, 0) is 9.59 Å². The molecule has 0 bridgehead atoms. The summed E-state index contributed by atoms with van der Waals surface area (Å²) in [6, 6.07) is 5.84. The van der Waals surface area contributed by atoms with E-state index in [0.29, 0.717) is 11.3 Å². The summed E-state index contributed by atoms with van der Waals surface area (Å²) in [6.07, 6.45) is -0.139. The number of benzene rings is 1. The predicted octanol–water partition coefficient (Wildman–Crippen LogP) is 1.38. The molecule has 0 aromatic heterocycles. The van der Waals surface area contributed by atoms with Crippen LogP contribution in [0.4, 0.5) is 0 Å². The minimum atomic E-state index is -0.974. The lowest BCUT2D eigenvalue weighted by Crippen LogP contribution is -2.50. The van der Waals surface area contributed by atoms with Crippen molar-refractivity contribution in [3.05, 3.63) is 29.8 Å². The summed E-state index contributed by atoms with van der Waals surface area (Å²) in [4.78, 5) is 36.8. The van der Waals surface area contributed by atoms with E-state index in [-0.39, 0.29) is 30.7 Å². The van der Waals surface area contributed by atoms with Crippen molar-refractivity contribution in [3.8, 4) is 5.75 Å². The van der Waals surface area contributed by atoms with Gasteiger partial charge in [-0.05, 0) is 30.2 Å². The van der Waals surface area contributed by atoms with Gasteiger partial charge in [0.1, 0.15) is 11.8 Å². The predicted molar refractivity (Wildman–Crippen MR) is 89.0 cm³/mol. The zero-order chi connectivity index (χ0) is 18.3. The van der Waals surface area contributed by atoms with Gasteiger partial charge in [0.15, 0.2) is 0 Å². The highest BCUT2D eigenvalue weighted by molar-refractivity contribution is 5.97. The van der Waals surface area contributed by atoms with Gasteiger partial charge >= 0.3 is 5.97 Å². The van der Waals surface area contributed by atoms with Crippen LogP contribution in [0.25, 0.3) is 0 Å². The summed E-state index contributed by atoms with van der Waals surface area (Å²) in [6.45, 7) is 3.74. The van der Waals surface area contributed by atoms with E-state index in [4.69, 9.17) is 9.84 Å². The maximum Gasteiger partial charge on any atom is 0.305 e. The van der Waals surface area contributed by atoms with Crippen molar-refractivity contribution in [3.63, 3.8) is 0 Å². The molecule has 0 fully saturated rings. The number of rotatable bonds is 8. The molecule has 0 aliphatic rings. The van der Waals surface area contributed by atoms with Gasteiger partial charge in [0.25, 0.3) is 5.91 Å². The molecule has 0 radical (unpaired) electrons. The van der Waals surface area contributed by atoms with Gasteiger partial charge < -0.3 is 20.1 Å². The van der Waals surface area contributed by atoms with Gasteiger partial charge in [0.05, 0.1) is 13.5 Å². The van der Waals surface area contributed by atoms with Crippen LogP contribution < -0.4 is 10.1 Å². The van der Waals surface area contributed by atoms with Crippen molar-refractivity contribution in [1.29, 1.82) is 0 Å². The van der Waals surface area contributed by atoms with Crippen molar-refractivity contribution >= 4 is 17.8 Å². The van der Waals surface area contributed by atoms with Gasteiger partial charge in [0, 0.05) is 19.2 Å². The Kier molecular flexibility index (Phi) is 7.23. The zero-order valence-corrected chi connectivity index (χ0v) is 14.4. The summed E-state index contributed by atoms with van der Waals surface area (Å²) >= 11 is 0. The molecular weight excluding hydrogens is 312 g/mol. The molecule has 132 valence electrons. The maximum atomic E-state index is 12.5. The summed E-state index contributed by atoms with van der Waals surface area (Å²) in [5, 5.41) is 11.4. The molecule has 0 saturated carbocycles. The monoisotopic (exact) mass is 336 g/mol. The first kappa shape index (κ1) is 19.5. The third-order valence-corrected chi connectivity index (χ3v) is 3.61. The van der Waals surface area contributed by atoms with E-state index in [1.807, 2.05) is 13.8 Å². The van der Waals surface area contributed by atoms with E-state index in [2.05, 4.69) is 5.32 Å². The molecule has 0 saturated heterocycles. The van der Waals surface area contributed by atoms with Crippen molar-refractivity contribution in [2.24, 2.45) is 5.92 Å². The molecule has 1 aromatic carbocycles. The number of likely N-dealkylation sites (N-methyl/N-ethyl adjacent to an activating group) is 1. The van der Waals surface area contributed by atoms with Crippen LogP contribution >= 0.6 is 0 Å². The van der Waals surface area contributed by atoms with Crippen LogP contribution in [0.15, 0.2) is 24.3 Å². The van der Waals surface area contributed by atoms with Crippen LogP contribution in [0, 0.1) is 5.92 Å². The number of aliphatic carboxylic acids is 1. The number of carbonyl (C=O) groups excluding carboxylic acids is 2. The Bertz CT molecular complexity index is 583. The van der Waals surface area contributed by atoms with Crippen LogP contribution in [0.5, 0.6) is 5.75 Å². The molecule has 2 amide bonds. The van der Waals surface area contributed by atoms with E-state index in [9.17, 15) is 14.4 Å². The van der Waals surface area contributed by atoms with E-state index in [0.717, 1.165) is 0 Å². The van der Waals surface area contributed by atoms with Crippen LogP contribution in [0.2, 0.25) is 0 Å². The standard InChI is InChI=1S/C17H24N2O5/c1-11(2)15(17(23)19(3)10-9-14(20)21)18-16(22)12-5-7-13(24-4)8-6-12/h5-8,11,15H,9-10H2,1-4H3,(H,18,22)(H,20,21). The molecule has 0 aliphatic heterocycles. The minimum Gasteiger partial charge on any atom is -0.497 e. The number of amides is 2. The van der Waals surface area contributed by atoms with Gasteiger partial charge in [-0.2, -0.15) is 0 Å². The molecule has 24 heavy (non-hydrogen) atoms. The molecular formula is C17H24N2O5. The van der Waals surface area contributed by atoms with Gasteiger partial charge in [-0.15, -0.1) is 0 Å². The third kappa shape index (κ3) is 5.57. The molecule has 1 aromatic rings. The molecule has 2 N–H and O–H groups in total. The second-order valence-corrected chi connectivity index (χ2v) is 5.83. The number of methoxy groups -OCH3 is 1. The Balaban J connectivity index is 2.78. The number of carboxylic acid groups (broad SMARTS) is 1. The smallest absolute Gasteiger partial charge is 0.305 e. The Morgan fingerprint density at radius 1 is 1.21 bits per heavy atom. The highest BCUT2D eigenvalue weighted by Crippen LogP contribution is 2.13. The van der Waals surface area contributed by atoms with Crippen LogP contribution in [0.3, 0.4) is 0 Å². The number of hydrogen-bond donors (Lipinski definition) is 2. The largest absolute Gasteiger partial charge is 0.497 e. The average molecular weight is 336 g/mol. The molecule has 1 rings (SSSR count). The van der Waals surface area contributed by atoms with Crippen LogP contribution in [-0.4, -0.2) is 54.5 Å². The summed E-state index contributed by atoms with van der Waals surface area (Å²) in [7, 11) is 3.07. The number of nitrogens with one attached hydrogen (secondary N) is 1. The normalized spacial score (nSPS) is 11.7. The molecule has 0 aliphatic carbocycles. The molecule has 1 unspecified atom stereocenters. The fourth-order valence-electron chi connectivity index (χ4n) is 2.09. The Labute approximate surface area is 141 Å². The topological polar surface area (TPSA) is 95.9 Å². The average Bonchev–Trinajstić information content (AvgIpc) is 2.56. The molecule has 7 heteroatoms. The van der Waals surface area contributed by atoms with E-state index < -0.39 is 12.0 Å². The van der Waals surface area contributed by atoms with E-state index in [1.165, 1.54) is 19.1 Å². The molecule has 1 atom stereocenters. The number of hydrogen-bond acceptors (Lipinski definition) is 4. The molecule has 0 spiro atoms. The SMILES string of the molecule is COc1ccc(C(=O)NC(C(=O)N(C)CCC(=O)O)C(C)C)cc1. The third-order valence-electron chi connectivity index (χ3n) is 3.61. The molecule has 0 heterocycles. The number of ether oxygens (including phenoxy) is 1. The fraction of sp³-hybridized carbons (Fsp3) is 0.471. The number of nitrogens with zero attached hydrogens (tertiary/aromatic N) is 1. The highest BCUT2D eigenvalue weighted by atomic mass is 16.5. The van der Waals surface area contributed by atoms with Crippen molar-refractivity contribution in [1.82, 2.24) is 10.2 Å². The summed E-state index contributed by atoms with van der Waals surface area (Å²) < 4.78 is 5.04. The van der Waals surface area contributed by atoms with Gasteiger partial charge in [0.2, 0.25) is 5.91 Å². The zero-order valence-electron chi connectivity index (χ0n) is 14.4. The van der Waals surface area contributed by atoms with Gasteiger partial charge in [-0.1, -0.05) is 13.8 Å². The van der Waals surface area contributed by atoms with Crippen molar-refractivity contribution < 1.29 is 24.2 Å². The van der Waals surface area contributed by atoms with E-state index in [1.54, 1.807) is 24.3 Å². The van der Waals surface area contributed by atoms with Crippen molar-refractivity contribution in [2.75, 3.05) is 20.7 Å². The Morgan fingerprint density at radius 3 is 2.25 bits per heavy atom. The first-order valence-corrected chi connectivity index (χ1v) is 7.68. The lowest BCUT2D eigenvalue weighted by Gasteiger charge is -2.26. The second-order valence-electron chi connectivity index (χ2n) is 5.83. The second kappa shape index (κ2) is 8.90. The fourth-order valence-corrected chi connectivity index (χ4v) is 2.09. The maximum absolute atomic E-state index is 12.5. The Hall–Kier alpha value is -2.57. The van der Waals surface area contributed by atoms with Gasteiger partial charge in [-0.25, -0.2) is 0 Å². The van der Waals surface area contributed by atoms with Gasteiger partial charge in [-0.3, -0.25) is 14.4 Å². The lowest BCUT2D eigenvalue weighted by molar-refractivity contribution is -0.138. The first-order chi connectivity index (χ1) is 11.3. The van der Waals surface area contributed by atoms with E-state index >= 15 is 0 Å². The quantitative estimate of drug-likeness (QED) is 0.748. The summed E-state index contributed by atoms with van der Waals surface area (Å²) in [5.74, 6) is -1.15. The minimum absolute atomic E-state index is 0.0930. The lowest BCUT2D eigenvalue weighted by atomic mass is 10.0. The number of carboxylic acids is 1. The summed E-state index contributed by atoms with van der Waals surface area (Å²) in [5.41, 5.74) is 0.419. The number of carbonyl (C=O) groups is 3. The van der Waals surface area contributed by atoms with Crippen LogP contribution in [0.1, 0.15) is 30.6 Å². The highest BCUT2D eigenvalue weighted by Gasteiger charge is 2.27.